The minimum absolute atomic E-state index is 0.0415. The molecule has 2 aromatic carbocycles. The molecule has 2 aliphatic heterocycles. The number of fused-ring (bicyclic) bond motifs is 4. The Morgan fingerprint density at radius 3 is 2.47 bits per heavy atom. The van der Waals surface area contributed by atoms with Crippen molar-refractivity contribution in [1.82, 2.24) is 4.72 Å². The van der Waals surface area contributed by atoms with Crippen molar-refractivity contribution in [3.63, 3.8) is 0 Å². The van der Waals surface area contributed by atoms with Crippen LogP contribution in [0.15, 0.2) is 36.4 Å². The summed E-state index contributed by atoms with van der Waals surface area (Å²) in [6.45, 7) is 6.79. The van der Waals surface area contributed by atoms with Gasteiger partial charge in [-0.1, -0.05) is 37.4 Å². The van der Waals surface area contributed by atoms with Gasteiger partial charge in [-0.05, 0) is 119 Å². The van der Waals surface area contributed by atoms with Crippen molar-refractivity contribution in [3.8, 4) is 5.75 Å². The molecule has 2 aromatic rings. The molecule has 1 spiro atoms. The number of sulfonamides is 1. The van der Waals surface area contributed by atoms with Gasteiger partial charge in [-0.25, -0.2) is 22.7 Å². The number of carbonyl (C=O) groups excluding carboxylic acids is 3. The van der Waals surface area contributed by atoms with E-state index in [0.717, 1.165) is 32.1 Å². The number of amides is 1. The van der Waals surface area contributed by atoms with Crippen molar-refractivity contribution in [2.45, 2.75) is 101 Å². The Kier molecular flexibility index (Phi) is 13.4. The third-order valence-electron chi connectivity index (χ3n) is 12.0. The molecule has 302 valence electrons. The number of carbonyl (C=O) groups is 3. The second kappa shape index (κ2) is 17.8. The Bertz CT molecular complexity index is 1820. The molecule has 0 saturated heterocycles. The van der Waals surface area contributed by atoms with Gasteiger partial charge in [0.1, 0.15) is 19.0 Å². The Hall–Kier alpha value is -3.39. The lowest BCUT2D eigenvalue weighted by Crippen LogP contribution is -2.56. The average molecular weight is 803 g/mol. The zero-order chi connectivity index (χ0) is 39.2. The molecule has 1 fully saturated rings. The Morgan fingerprint density at radius 2 is 1.75 bits per heavy atom. The van der Waals surface area contributed by atoms with Gasteiger partial charge in [0, 0.05) is 29.1 Å². The Balaban J connectivity index is 1.43. The predicted octanol–water partition coefficient (Wildman–Crippen LogP) is 6.15. The minimum atomic E-state index is -4.02. The van der Waals surface area contributed by atoms with Crippen LogP contribution in [0.4, 0.5) is 5.69 Å². The topological polar surface area (TPSA) is 147 Å². The van der Waals surface area contributed by atoms with Crippen LogP contribution in [-0.2, 0) is 50.4 Å². The second-order valence-corrected chi connectivity index (χ2v) is 17.8. The van der Waals surface area contributed by atoms with E-state index in [1.165, 1.54) is 11.1 Å². The highest BCUT2D eigenvalue weighted by Gasteiger charge is 2.51. The summed E-state index contributed by atoms with van der Waals surface area (Å²) in [5.74, 6) is -1.03. The van der Waals surface area contributed by atoms with Crippen LogP contribution in [0.1, 0.15) is 100 Å². The van der Waals surface area contributed by atoms with Gasteiger partial charge in [0.25, 0.3) is 5.91 Å². The van der Waals surface area contributed by atoms with Crippen molar-refractivity contribution < 1.29 is 46.5 Å². The van der Waals surface area contributed by atoms with Crippen LogP contribution >= 0.6 is 11.6 Å². The number of benzene rings is 2. The molecule has 4 aliphatic rings. The summed E-state index contributed by atoms with van der Waals surface area (Å²) in [5, 5.41) is -0.104. The third kappa shape index (κ3) is 9.27. The van der Waals surface area contributed by atoms with E-state index in [-0.39, 0.29) is 55.8 Å². The number of nitrogens with one attached hydrogen (secondary N) is 1. The molecule has 6 rings (SSSR count). The molecule has 2 heterocycles. The number of hydrogen-bond donors (Lipinski definition) is 1. The van der Waals surface area contributed by atoms with Crippen LogP contribution in [0.3, 0.4) is 0 Å². The van der Waals surface area contributed by atoms with E-state index in [1.54, 1.807) is 39.0 Å². The van der Waals surface area contributed by atoms with E-state index in [1.807, 2.05) is 12.1 Å². The largest absolute Gasteiger partial charge is 0.490 e. The fourth-order valence-electron chi connectivity index (χ4n) is 9.17. The quantitative estimate of drug-likeness (QED) is 0.276. The molecule has 0 unspecified atom stereocenters. The molecule has 55 heavy (non-hydrogen) atoms. The van der Waals surface area contributed by atoms with Gasteiger partial charge in [0.05, 0.1) is 43.0 Å². The normalized spacial score (nSPS) is 27.7. The third-order valence-corrected chi connectivity index (χ3v) is 14.2. The summed E-state index contributed by atoms with van der Waals surface area (Å²) in [6, 6.07) is 11.2. The van der Waals surface area contributed by atoms with Crippen molar-refractivity contribution in [2.24, 2.45) is 11.8 Å². The van der Waals surface area contributed by atoms with Gasteiger partial charge in [-0.2, -0.15) is 0 Å². The second-order valence-electron chi connectivity index (χ2n) is 15.4. The molecule has 5 atom stereocenters. The summed E-state index contributed by atoms with van der Waals surface area (Å²) in [7, 11) is -4.02. The number of halogens is 1. The first-order chi connectivity index (χ1) is 26.4. The van der Waals surface area contributed by atoms with Crippen LogP contribution in [0.5, 0.6) is 5.75 Å². The van der Waals surface area contributed by atoms with Crippen LogP contribution in [0.25, 0.3) is 0 Å². The molecule has 1 amide bonds. The van der Waals surface area contributed by atoms with Gasteiger partial charge in [-0.15, -0.1) is 0 Å². The maximum Gasteiger partial charge on any atom is 0.332 e. The van der Waals surface area contributed by atoms with Crippen LogP contribution in [0.2, 0.25) is 5.02 Å². The lowest BCUT2D eigenvalue weighted by Gasteiger charge is -2.52. The Morgan fingerprint density at radius 1 is 0.964 bits per heavy atom. The summed E-state index contributed by atoms with van der Waals surface area (Å²) >= 11 is 6.48. The van der Waals surface area contributed by atoms with E-state index in [0.29, 0.717) is 68.3 Å². The van der Waals surface area contributed by atoms with E-state index in [9.17, 15) is 22.8 Å². The maximum absolute atomic E-state index is 13.7. The van der Waals surface area contributed by atoms with Gasteiger partial charge < -0.3 is 28.6 Å². The zero-order valence-corrected chi connectivity index (χ0v) is 33.8. The smallest absolute Gasteiger partial charge is 0.332 e. The number of nitrogens with zero attached hydrogens (tertiary/aromatic N) is 1. The Labute approximate surface area is 329 Å². The van der Waals surface area contributed by atoms with Gasteiger partial charge in [0.2, 0.25) is 10.0 Å². The number of aryl methyl sites for hydroxylation is 1. The molecule has 0 radical (unpaired) electrons. The minimum Gasteiger partial charge on any atom is -0.490 e. The molecule has 1 N–H and O–H groups in total. The fourth-order valence-corrected chi connectivity index (χ4v) is 10.8. The molecule has 12 nitrogen and oxygen atoms in total. The SMILES string of the molecule is CCOC(=O)COC[C@]1(OCC(=O)OCC)CCCC[C@@H](CC)S(=O)(=O)NC(=O)c2ccc3c(c2)N(C[C@@H]2CC[C@H]21)C[C@@]1(CCCc2cc(Cl)ccc21)CO3. The number of esters is 2. The fraction of sp³-hybridized carbons (Fsp3) is 0.634. The van der Waals surface area contributed by atoms with Gasteiger partial charge in [0.15, 0.2) is 0 Å². The van der Waals surface area contributed by atoms with Crippen molar-refractivity contribution in [1.29, 1.82) is 0 Å². The van der Waals surface area contributed by atoms with Gasteiger partial charge in [-0.3, -0.25) is 4.79 Å². The van der Waals surface area contributed by atoms with Crippen LogP contribution in [0, 0.1) is 11.8 Å². The molecular formula is C41H55ClN2O10S. The molecular weight excluding hydrogens is 748 g/mol. The van der Waals surface area contributed by atoms with E-state index < -0.39 is 38.7 Å². The van der Waals surface area contributed by atoms with E-state index in [2.05, 4.69) is 15.7 Å². The lowest BCUT2D eigenvalue weighted by molar-refractivity contribution is -0.189. The molecule has 2 bridgehead atoms. The first kappa shape index (κ1) is 41.2. The lowest BCUT2D eigenvalue weighted by atomic mass is 9.63. The highest BCUT2D eigenvalue weighted by atomic mass is 35.5. The number of rotatable bonds is 10. The van der Waals surface area contributed by atoms with Crippen LogP contribution < -0.4 is 14.4 Å². The zero-order valence-electron chi connectivity index (χ0n) is 32.2. The first-order valence-electron chi connectivity index (χ1n) is 19.8. The van der Waals surface area contributed by atoms with Crippen LogP contribution in [-0.4, -0.2) is 89.8 Å². The summed E-state index contributed by atoms with van der Waals surface area (Å²) < 4.78 is 59.4. The summed E-state index contributed by atoms with van der Waals surface area (Å²) in [5.41, 5.74) is 1.98. The highest BCUT2D eigenvalue weighted by Crippen LogP contribution is 2.50. The standard InChI is InChI=1S/C41H55ClN2O10S/c1-4-32-11-7-8-19-41(54-24-38(46)52-6-3,27-50-23-37(45)51-5-2)34-15-12-30(34)22-44-25-40(18-9-10-28-20-31(42)14-16-33(28)40)26-53-36-17-13-29(21-35(36)44)39(47)43-55(32,48)49/h13-14,16-17,20-21,30,32,34H,4-12,15,18-19,22-27H2,1-3H3,(H,43,47)/t30-,32+,34+,40-,41+/m0/s1. The van der Waals surface area contributed by atoms with Crippen molar-refractivity contribution >= 4 is 45.2 Å². The first-order valence-corrected chi connectivity index (χ1v) is 21.7. The van der Waals surface area contributed by atoms with E-state index >= 15 is 0 Å². The van der Waals surface area contributed by atoms with E-state index in [4.69, 9.17) is 35.3 Å². The highest BCUT2D eigenvalue weighted by molar-refractivity contribution is 7.90. The summed E-state index contributed by atoms with van der Waals surface area (Å²) in [4.78, 5) is 41.2. The molecule has 2 aliphatic carbocycles. The summed E-state index contributed by atoms with van der Waals surface area (Å²) in [6.07, 6.45) is 6.65. The van der Waals surface area contributed by atoms with Gasteiger partial charge >= 0.3 is 11.9 Å². The average Bonchev–Trinajstić information content (AvgIpc) is 3.28. The molecule has 0 aromatic heterocycles. The monoisotopic (exact) mass is 802 g/mol. The number of ether oxygens (including phenoxy) is 5. The van der Waals surface area contributed by atoms with Crippen molar-refractivity contribution in [3.05, 3.63) is 58.1 Å². The number of anilines is 1. The molecule has 14 heteroatoms. The maximum atomic E-state index is 13.7. The predicted molar refractivity (Wildman–Crippen MR) is 208 cm³/mol. The number of hydrogen-bond acceptors (Lipinski definition) is 11. The van der Waals surface area contributed by atoms with Crippen molar-refractivity contribution in [2.75, 3.05) is 57.6 Å². The molecule has 1 saturated carbocycles.